The van der Waals surface area contributed by atoms with E-state index < -0.39 is 21.8 Å². The second-order valence-electron chi connectivity index (χ2n) is 7.06. The number of amides is 1. The molecule has 0 atom stereocenters. The molecule has 0 spiro atoms. The highest BCUT2D eigenvalue weighted by atomic mass is 32.2. The molecule has 1 aliphatic rings. The lowest BCUT2D eigenvalue weighted by molar-refractivity contribution is -0.121. The molecule has 3 aromatic rings. The van der Waals surface area contributed by atoms with Gasteiger partial charge in [-0.1, -0.05) is 54.3 Å². The Morgan fingerprint density at radius 2 is 1.94 bits per heavy atom. The van der Waals surface area contributed by atoms with Crippen LogP contribution in [-0.2, 0) is 14.9 Å². The van der Waals surface area contributed by atoms with E-state index in [0.29, 0.717) is 21.9 Å². The molecule has 2 heterocycles. The number of rotatable bonds is 7. The monoisotopic (exact) mass is 501 g/mol. The van der Waals surface area contributed by atoms with Crippen LogP contribution in [0.15, 0.2) is 65.7 Å². The van der Waals surface area contributed by atoms with E-state index >= 15 is 0 Å². The molecule has 1 amide bonds. The molecule has 1 N–H and O–H groups in total. The van der Waals surface area contributed by atoms with Gasteiger partial charge in [0.05, 0.1) is 23.5 Å². The number of nitrogens with zero attached hydrogens (tertiary/aromatic N) is 3. The molecule has 0 bridgehead atoms. The summed E-state index contributed by atoms with van der Waals surface area (Å²) < 4.78 is 38.5. The average Bonchev–Trinajstić information content (AvgIpc) is 3.33. The Balaban J connectivity index is 1.75. The fourth-order valence-electron chi connectivity index (χ4n) is 3.24. The van der Waals surface area contributed by atoms with Crippen molar-refractivity contribution in [3.63, 3.8) is 0 Å². The first-order chi connectivity index (χ1) is 15.7. The minimum atomic E-state index is -4.22. The van der Waals surface area contributed by atoms with Gasteiger partial charge >= 0.3 is 0 Å². The third kappa shape index (κ3) is 5.33. The lowest BCUT2D eigenvalue weighted by Gasteiger charge is -2.12. The van der Waals surface area contributed by atoms with E-state index in [4.69, 9.17) is 26.6 Å². The van der Waals surface area contributed by atoms with Crippen LogP contribution in [-0.4, -0.2) is 57.3 Å². The van der Waals surface area contributed by atoms with Crippen molar-refractivity contribution in [2.24, 2.45) is 0 Å². The van der Waals surface area contributed by atoms with Crippen molar-refractivity contribution in [1.82, 2.24) is 14.7 Å². The summed E-state index contributed by atoms with van der Waals surface area (Å²) in [6.45, 7) is -0.215. The van der Waals surface area contributed by atoms with E-state index in [0.717, 1.165) is 23.0 Å². The summed E-state index contributed by atoms with van der Waals surface area (Å²) in [5.74, 6) is -0.338. The van der Waals surface area contributed by atoms with Crippen molar-refractivity contribution in [2.75, 3.05) is 19.4 Å². The van der Waals surface area contributed by atoms with E-state index in [1.165, 1.54) is 4.90 Å². The third-order valence-corrected chi connectivity index (χ3v) is 6.92. The standard InChI is InChI=1S/C22H19N3O5S3/c1-30-18-9-5-6-15(12-18)20-16(14-25(23-20)17-7-3-2-4-8-17)13-19-21(26)24(22(31)32-19)10-11-33(27,28)29/h2-9,12-14H,10-11H2,1H3,(H,27,28,29). The summed E-state index contributed by atoms with van der Waals surface area (Å²) in [4.78, 5) is 14.4. The summed E-state index contributed by atoms with van der Waals surface area (Å²) in [6, 6.07) is 17.0. The zero-order chi connectivity index (χ0) is 23.6. The van der Waals surface area contributed by atoms with Gasteiger partial charge in [-0.2, -0.15) is 13.5 Å². The number of thiocarbonyl (C=S) groups is 1. The van der Waals surface area contributed by atoms with Crippen LogP contribution in [0.5, 0.6) is 5.75 Å². The van der Waals surface area contributed by atoms with Crippen LogP contribution in [0.2, 0.25) is 0 Å². The number of benzene rings is 2. The molecule has 4 rings (SSSR count). The Kier molecular flexibility index (Phi) is 6.66. The summed E-state index contributed by atoms with van der Waals surface area (Å²) >= 11 is 6.33. The molecule has 1 fully saturated rings. The number of methoxy groups -OCH3 is 1. The van der Waals surface area contributed by atoms with Gasteiger partial charge in [0.25, 0.3) is 16.0 Å². The van der Waals surface area contributed by atoms with E-state index in [2.05, 4.69) is 0 Å². The van der Waals surface area contributed by atoms with Crippen LogP contribution >= 0.6 is 24.0 Å². The molecule has 8 nitrogen and oxygen atoms in total. The maximum Gasteiger partial charge on any atom is 0.266 e. The first-order valence-electron chi connectivity index (χ1n) is 9.75. The molecular weight excluding hydrogens is 482 g/mol. The van der Waals surface area contributed by atoms with Crippen LogP contribution in [0, 0.1) is 0 Å². The molecule has 11 heteroatoms. The van der Waals surface area contributed by atoms with Crippen molar-refractivity contribution in [3.8, 4) is 22.7 Å². The summed E-state index contributed by atoms with van der Waals surface area (Å²) in [7, 11) is -2.64. The number of hydrogen-bond donors (Lipinski definition) is 1. The van der Waals surface area contributed by atoms with Crippen molar-refractivity contribution in [1.29, 1.82) is 0 Å². The van der Waals surface area contributed by atoms with Gasteiger partial charge in [0.15, 0.2) is 0 Å². The molecule has 1 aliphatic heterocycles. The molecule has 0 aliphatic carbocycles. The number of ether oxygens (including phenoxy) is 1. The Morgan fingerprint density at radius 1 is 1.18 bits per heavy atom. The molecule has 170 valence electrons. The molecule has 1 saturated heterocycles. The first kappa shape index (κ1) is 23.2. The quantitative estimate of drug-likeness (QED) is 0.298. The number of carbonyl (C=O) groups excluding carboxylic acids is 1. The molecule has 1 aromatic heterocycles. The van der Waals surface area contributed by atoms with Crippen LogP contribution in [0.4, 0.5) is 0 Å². The van der Waals surface area contributed by atoms with Gasteiger partial charge in [-0.25, -0.2) is 4.68 Å². The minimum absolute atomic E-state index is 0.215. The van der Waals surface area contributed by atoms with Crippen LogP contribution in [0.1, 0.15) is 5.56 Å². The fourth-order valence-corrected chi connectivity index (χ4v) is 4.95. The Morgan fingerprint density at radius 3 is 2.64 bits per heavy atom. The zero-order valence-corrected chi connectivity index (χ0v) is 19.9. The number of para-hydroxylation sites is 1. The lowest BCUT2D eigenvalue weighted by atomic mass is 10.1. The van der Waals surface area contributed by atoms with Gasteiger partial charge in [0, 0.05) is 23.9 Å². The topological polar surface area (TPSA) is 102 Å². The van der Waals surface area contributed by atoms with E-state index in [9.17, 15) is 13.2 Å². The Hall–Kier alpha value is -2.99. The zero-order valence-electron chi connectivity index (χ0n) is 17.4. The number of hydrogen-bond acceptors (Lipinski definition) is 7. The van der Waals surface area contributed by atoms with Crippen molar-refractivity contribution in [2.45, 2.75) is 0 Å². The van der Waals surface area contributed by atoms with E-state index in [-0.39, 0.29) is 10.9 Å². The predicted molar refractivity (Wildman–Crippen MR) is 132 cm³/mol. The molecule has 0 unspecified atom stereocenters. The largest absolute Gasteiger partial charge is 0.497 e. The van der Waals surface area contributed by atoms with Gasteiger partial charge in [0.1, 0.15) is 15.8 Å². The third-order valence-electron chi connectivity index (χ3n) is 4.84. The van der Waals surface area contributed by atoms with Gasteiger partial charge in [-0.05, 0) is 30.3 Å². The normalized spacial score (nSPS) is 15.5. The Bertz CT molecular complexity index is 1350. The first-order valence-corrected chi connectivity index (χ1v) is 12.6. The molecule has 0 radical (unpaired) electrons. The van der Waals surface area contributed by atoms with E-state index in [1.54, 1.807) is 17.9 Å². The van der Waals surface area contributed by atoms with Crippen LogP contribution in [0.25, 0.3) is 23.0 Å². The van der Waals surface area contributed by atoms with Gasteiger partial charge in [-0.15, -0.1) is 0 Å². The lowest BCUT2D eigenvalue weighted by Crippen LogP contribution is -2.32. The number of thioether (sulfide) groups is 1. The average molecular weight is 502 g/mol. The number of aromatic nitrogens is 2. The van der Waals surface area contributed by atoms with Gasteiger partial charge in [-0.3, -0.25) is 14.2 Å². The second kappa shape index (κ2) is 9.48. The van der Waals surface area contributed by atoms with Gasteiger partial charge < -0.3 is 4.74 Å². The van der Waals surface area contributed by atoms with Gasteiger partial charge in [0.2, 0.25) is 0 Å². The number of carbonyl (C=O) groups is 1. The summed E-state index contributed by atoms with van der Waals surface area (Å²) in [5, 5.41) is 4.74. The van der Waals surface area contributed by atoms with E-state index in [1.807, 2.05) is 60.8 Å². The summed E-state index contributed by atoms with van der Waals surface area (Å²) in [5.41, 5.74) is 2.97. The van der Waals surface area contributed by atoms with Crippen LogP contribution in [0.3, 0.4) is 0 Å². The minimum Gasteiger partial charge on any atom is -0.497 e. The Labute approximate surface area is 200 Å². The maximum absolute atomic E-state index is 12.9. The maximum atomic E-state index is 12.9. The summed E-state index contributed by atoms with van der Waals surface area (Å²) in [6.07, 6.45) is 3.50. The fraction of sp³-hybridized carbons (Fsp3) is 0.136. The predicted octanol–water partition coefficient (Wildman–Crippen LogP) is 3.64. The molecule has 2 aromatic carbocycles. The SMILES string of the molecule is COc1cccc(-c2nn(-c3ccccc3)cc2C=C2SC(=S)N(CCS(=O)(=O)O)C2=O)c1. The highest BCUT2D eigenvalue weighted by Gasteiger charge is 2.33. The van der Waals surface area contributed by atoms with Crippen molar-refractivity contribution >= 4 is 50.4 Å². The smallest absolute Gasteiger partial charge is 0.266 e. The molecule has 0 saturated carbocycles. The molecular formula is C22H19N3O5S3. The second-order valence-corrected chi connectivity index (χ2v) is 10.3. The highest BCUT2D eigenvalue weighted by Crippen LogP contribution is 2.35. The van der Waals surface area contributed by atoms with Crippen molar-refractivity contribution in [3.05, 3.63) is 71.3 Å². The highest BCUT2D eigenvalue weighted by molar-refractivity contribution is 8.26. The van der Waals surface area contributed by atoms with Crippen molar-refractivity contribution < 1.29 is 22.5 Å². The van der Waals surface area contributed by atoms with Crippen LogP contribution < -0.4 is 4.74 Å². The molecule has 33 heavy (non-hydrogen) atoms.